The van der Waals surface area contributed by atoms with E-state index in [4.69, 9.17) is 14.0 Å². The number of carbonyl (C=O) groups excluding carboxylic acids is 1. The number of hydrogen-bond donors (Lipinski definition) is 1. The van der Waals surface area contributed by atoms with E-state index in [2.05, 4.69) is 43.7 Å². The van der Waals surface area contributed by atoms with Crippen LogP contribution in [0.2, 0.25) is 0 Å². The van der Waals surface area contributed by atoms with E-state index < -0.39 is 5.60 Å². The van der Waals surface area contributed by atoms with E-state index >= 15 is 0 Å². The number of aromatic nitrogens is 2. The van der Waals surface area contributed by atoms with E-state index in [1.807, 2.05) is 33.0 Å². The Morgan fingerprint density at radius 3 is 2.58 bits per heavy atom. The van der Waals surface area contributed by atoms with Crippen LogP contribution >= 0.6 is 11.3 Å². The molecule has 0 spiro atoms. The van der Waals surface area contributed by atoms with Crippen LogP contribution in [-0.2, 0) is 14.0 Å². The molecule has 2 aromatic heterocycles. The highest BCUT2D eigenvalue weighted by atomic mass is 32.1. The van der Waals surface area contributed by atoms with Gasteiger partial charge in [0.1, 0.15) is 11.4 Å². The molecular weight excluding hydrogens is 413 g/mol. The third-order valence-electron chi connectivity index (χ3n) is 6.17. The molecule has 2 aliphatic rings. The number of aromatic amines is 1. The first-order chi connectivity index (χ1) is 14.4. The van der Waals surface area contributed by atoms with Gasteiger partial charge in [0.05, 0.1) is 34.0 Å². The SMILES string of the molecule is CC(C)(C)OC(=O)N1CCC[C@H]1c1ncc(-c2ccc(B3OC(C)(C)C(C)(C)O3)s2)[nH]1. The van der Waals surface area contributed by atoms with Gasteiger partial charge in [0, 0.05) is 11.3 Å². The minimum Gasteiger partial charge on any atom is -0.444 e. The topological polar surface area (TPSA) is 76.7 Å². The molecule has 0 aromatic carbocycles. The lowest BCUT2D eigenvalue weighted by Gasteiger charge is -2.32. The number of H-pyrrole nitrogens is 1. The fourth-order valence-corrected chi connectivity index (χ4v) is 4.74. The number of hydrogen-bond acceptors (Lipinski definition) is 6. The average molecular weight is 445 g/mol. The van der Waals surface area contributed by atoms with Crippen LogP contribution in [0.4, 0.5) is 4.79 Å². The summed E-state index contributed by atoms with van der Waals surface area (Å²) in [7, 11) is -0.372. The lowest BCUT2D eigenvalue weighted by Crippen LogP contribution is -2.41. The molecule has 0 saturated carbocycles. The third-order valence-corrected chi connectivity index (χ3v) is 7.31. The zero-order chi connectivity index (χ0) is 22.6. The van der Waals surface area contributed by atoms with Crippen molar-refractivity contribution in [3.05, 3.63) is 24.2 Å². The Kier molecular flexibility index (Phi) is 5.51. The predicted molar refractivity (Wildman–Crippen MR) is 123 cm³/mol. The van der Waals surface area contributed by atoms with E-state index in [0.717, 1.165) is 34.0 Å². The molecule has 0 unspecified atom stereocenters. The van der Waals surface area contributed by atoms with Crippen LogP contribution in [0.5, 0.6) is 0 Å². The number of likely N-dealkylation sites (tertiary alicyclic amines) is 1. The minimum absolute atomic E-state index is 0.0915. The number of thiophene rings is 1. The summed E-state index contributed by atoms with van der Waals surface area (Å²) >= 11 is 1.63. The summed E-state index contributed by atoms with van der Waals surface area (Å²) in [6.45, 7) is 14.6. The Morgan fingerprint density at radius 2 is 1.94 bits per heavy atom. The number of amides is 1. The molecule has 9 heteroatoms. The number of nitrogens with one attached hydrogen (secondary N) is 1. The Morgan fingerprint density at radius 1 is 1.26 bits per heavy atom. The van der Waals surface area contributed by atoms with Crippen molar-refractivity contribution in [3.8, 4) is 10.6 Å². The molecule has 168 valence electrons. The van der Waals surface area contributed by atoms with Crippen LogP contribution in [0.25, 0.3) is 10.6 Å². The van der Waals surface area contributed by atoms with Crippen LogP contribution in [0.15, 0.2) is 18.3 Å². The molecular formula is C22H32BN3O4S. The van der Waals surface area contributed by atoms with Crippen molar-refractivity contribution >= 4 is 29.3 Å². The normalized spacial score (nSPS) is 22.9. The van der Waals surface area contributed by atoms with Gasteiger partial charge in [-0.15, -0.1) is 11.3 Å². The summed E-state index contributed by atoms with van der Waals surface area (Å²) in [5.74, 6) is 0.795. The van der Waals surface area contributed by atoms with Crippen LogP contribution in [0.1, 0.15) is 73.2 Å². The van der Waals surface area contributed by atoms with E-state index in [1.165, 1.54) is 0 Å². The number of ether oxygens (including phenoxy) is 1. The van der Waals surface area contributed by atoms with Crippen molar-refractivity contribution in [1.82, 2.24) is 14.9 Å². The molecule has 0 bridgehead atoms. The van der Waals surface area contributed by atoms with Gasteiger partial charge in [-0.05, 0) is 67.4 Å². The smallest absolute Gasteiger partial charge is 0.444 e. The molecule has 2 aliphatic heterocycles. The Hall–Kier alpha value is -1.84. The fraction of sp³-hybridized carbons (Fsp3) is 0.636. The minimum atomic E-state index is -0.514. The first-order valence-electron chi connectivity index (χ1n) is 10.9. The van der Waals surface area contributed by atoms with Crippen molar-refractivity contribution in [2.45, 2.75) is 84.2 Å². The first-order valence-corrected chi connectivity index (χ1v) is 11.7. The number of nitrogens with zero attached hydrogens (tertiary/aromatic N) is 2. The Balaban J connectivity index is 1.49. The zero-order valence-corrected chi connectivity index (χ0v) is 20.3. The van der Waals surface area contributed by atoms with Crippen LogP contribution in [-0.4, -0.2) is 51.4 Å². The quantitative estimate of drug-likeness (QED) is 0.704. The molecule has 4 heterocycles. The molecule has 1 amide bonds. The van der Waals surface area contributed by atoms with Gasteiger partial charge in [-0.1, -0.05) is 6.07 Å². The maximum absolute atomic E-state index is 12.6. The van der Waals surface area contributed by atoms with Crippen LogP contribution in [0.3, 0.4) is 0 Å². The van der Waals surface area contributed by atoms with Gasteiger partial charge >= 0.3 is 13.2 Å². The monoisotopic (exact) mass is 445 g/mol. The molecule has 7 nitrogen and oxygen atoms in total. The second-order valence-electron chi connectivity index (χ2n) is 10.3. The summed E-state index contributed by atoms with van der Waals surface area (Å²) in [5, 5.41) is 0. The molecule has 1 atom stereocenters. The number of carbonyl (C=O) groups is 1. The second kappa shape index (κ2) is 7.64. The molecule has 0 aliphatic carbocycles. The van der Waals surface area contributed by atoms with E-state index in [0.29, 0.717) is 6.54 Å². The van der Waals surface area contributed by atoms with Gasteiger partial charge in [-0.2, -0.15) is 0 Å². The van der Waals surface area contributed by atoms with Gasteiger partial charge in [0.2, 0.25) is 0 Å². The summed E-state index contributed by atoms with van der Waals surface area (Å²) in [4.78, 5) is 23.5. The van der Waals surface area contributed by atoms with Crippen LogP contribution < -0.4 is 4.78 Å². The third kappa shape index (κ3) is 4.40. The molecule has 31 heavy (non-hydrogen) atoms. The van der Waals surface area contributed by atoms with Crippen molar-refractivity contribution < 1.29 is 18.8 Å². The summed E-state index contributed by atoms with van der Waals surface area (Å²) < 4.78 is 18.9. The highest BCUT2D eigenvalue weighted by Crippen LogP contribution is 2.38. The summed E-state index contributed by atoms with van der Waals surface area (Å²) in [6.07, 6.45) is 3.36. The molecule has 0 radical (unpaired) electrons. The maximum Gasteiger partial charge on any atom is 0.505 e. The Labute approximate surface area is 188 Å². The van der Waals surface area contributed by atoms with Gasteiger partial charge in [0.15, 0.2) is 0 Å². The lowest BCUT2D eigenvalue weighted by molar-refractivity contribution is 0.00578. The van der Waals surface area contributed by atoms with E-state index in [1.54, 1.807) is 16.2 Å². The molecule has 2 saturated heterocycles. The standard InChI is InChI=1S/C22H32BN3O4S/c1-20(2,3)28-19(27)26-12-8-9-15(26)18-24-13-14(25-18)16-10-11-17(31-16)23-29-21(4,5)22(6,7)30-23/h10-11,13,15H,8-9,12H2,1-7H3,(H,24,25)/t15-/m0/s1. The van der Waals surface area contributed by atoms with E-state index in [9.17, 15) is 4.79 Å². The van der Waals surface area contributed by atoms with Crippen molar-refractivity contribution in [1.29, 1.82) is 0 Å². The predicted octanol–water partition coefficient (Wildman–Crippen LogP) is 4.51. The van der Waals surface area contributed by atoms with Gasteiger partial charge in [0.25, 0.3) is 0 Å². The lowest BCUT2D eigenvalue weighted by atomic mass is 9.88. The van der Waals surface area contributed by atoms with E-state index in [-0.39, 0.29) is 30.5 Å². The first kappa shape index (κ1) is 22.4. The Bertz CT molecular complexity index is 946. The van der Waals surface area contributed by atoms with Gasteiger partial charge in [-0.25, -0.2) is 9.78 Å². The largest absolute Gasteiger partial charge is 0.505 e. The van der Waals surface area contributed by atoms with Crippen molar-refractivity contribution in [3.63, 3.8) is 0 Å². The molecule has 1 N–H and O–H groups in total. The number of rotatable bonds is 3. The molecule has 2 aromatic rings. The highest BCUT2D eigenvalue weighted by Gasteiger charge is 2.52. The fourth-order valence-electron chi connectivity index (χ4n) is 3.80. The summed E-state index contributed by atoms with van der Waals surface area (Å²) in [6, 6.07) is 4.01. The highest BCUT2D eigenvalue weighted by molar-refractivity contribution is 7.25. The van der Waals surface area contributed by atoms with Crippen molar-refractivity contribution in [2.75, 3.05) is 6.54 Å². The number of imidazole rings is 1. The summed E-state index contributed by atoms with van der Waals surface area (Å²) in [5.41, 5.74) is -0.314. The van der Waals surface area contributed by atoms with Gasteiger partial charge < -0.3 is 19.0 Å². The van der Waals surface area contributed by atoms with Crippen LogP contribution in [0, 0.1) is 0 Å². The second-order valence-corrected chi connectivity index (χ2v) is 11.4. The average Bonchev–Trinajstić information content (AvgIpc) is 3.38. The molecule has 2 fully saturated rings. The van der Waals surface area contributed by atoms with Crippen molar-refractivity contribution in [2.24, 2.45) is 0 Å². The van der Waals surface area contributed by atoms with Gasteiger partial charge in [-0.3, -0.25) is 4.90 Å². The molecule has 4 rings (SSSR count). The zero-order valence-electron chi connectivity index (χ0n) is 19.4. The maximum atomic E-state index is 12.6.